The summed E-state index contributed by atoms with van der Waals surface area (Å²) in [7, 11) is -3.83. The lowest BCUT2D eigenvalue weighted by molar-refractivity contribution is 0.444. The molecule has 4 nitrogen and oxygen atoms in total. The summed E-state index contributed by atoms with van der Waals surface area (Å²) in [6.07, 6.45) is 5.07. The van der Waals surface area contributed by atoms with Gasteiger partial charge in [-0.1, -0.05) is 35.2 Å². The molecule has 0 aliphatic heterocycles. The molecule has 7 heteroatoms. The van der Waals surface area contributed by atoms with Gasteiger partial charge in [0.05, 0.1) is 16.6 Å². The number of halogens is 2. The summed E-state index contributed by atoms with van der Waals surface area (Å²) in [6.45, 7) is -0.0427. The van der Waals surface area contributed by atoms with Crippen molar-refractivity contribution in [2.45, 2.75) is 6.54 Å². The van der Waals surface area contributed by atoms with Crippen LogP contribution >= 0.6 is 23.2 Å². The van der Waals surface area contributed by atoms with Gasteiger partial charge in [0.2, 0.25) is 0 Å². The quantitative estimate of drug-likeness (QED) is 0.858. The van der Waals surface area contributed by atoms with E-state index in [1.165, 1.54) is 0 Å². The van der Waals surface area contributed by atoms with Gasteiger partial charge in [0.1, 0.15) is 0 Å². The van der Waals surface area contributed by atoms with Crippen LogP contribution in [-0.4, -0.2) is 19.3 Å². The van der Waals surface area contributed by atoms with Crippen LogP contribution in [0, 0.1) is 12.3 Å². The summed E-state index contributed by atoms with van der Waals surface area (Å²) in [4.78, 5) is 0. The fraction of sp³-hybridized carbons (Fsp3) is 0.200. The van der Waals surface area contributed by atoms with Crippen molar-refractivity contribution in [3.05, 3.63) is 33.8 Å². The molecule has 0 amide bonds. The molecule has 17 heavy (non-hydrogen) atoms. The van der Waals surface area contributed by atoms with Gasteiger partial charge in [-0.25, -0.2) is 5.14 Å². The van der Waals surface area contributed by atoms with Crippen LogP contribution in [0.5, 0.6) is 0 Å². The molecule has 0 unspecified atom stereocenters. The minimum absolute atomic E-state index is 0.0555. The summed E-state index contributed by atoms with van der Waals surface area (Å²) < 4.78 is 23.4. The Morgan fingerprint density at radius 3 is 2.47 bits per heavy atom. The van der Waals surface area contributed by atoms with Crippen LogP contribution < -0.4 is 5.14 Å². The predicted molar refractivity (Wildman–Crippen MR) is 68.8 cm³/mol. The first-order valence-corrected chi connectivity index (χ1v) is 6.75. The van der Waals surface area contributed by atoms with Crippen LogP contribution in [0.3, 0.4) is 0 Å². The summed E-state index contributed by atoms with van der Waals surface area (Å²) in [5, 5.41) is 5.77. The van der Waals surface area contributed by atoms with Crippen LogP contribution in [0.4, 0.5) is 0 Å². The smallest absolute Gasteiger partial charge is 0.216 e. The second-order valence-electron chi connectivity index (χ2n) is 3.27. The maximum Gasteiger partial charge on any atom is 0.278 e. The van der Waals surface area contributed by atoms with E-state index in [-0.39, 0.29) is 13.1 Å². The highest BCUT2D eigenvalue weighted by Gasteiger charge is 2.16. The van der Waals surface area contributed by atoms with Crippen molar-refractivity contribution in [3.8, 4) is 12.3 Å². The van der Waals surface area contributed by atoms with Crippen LogP contribution in [0.25, 0.3) is 0 Å². The Hall–Kier alpha value is -0.770. The molecule has 0 aliphatic rings. The van der Waals surface area contributed by atoms with E-state index in [4.69, 9.17) is 34.8 Å². The zero-order valence-corrected chi connectivity index (χ0v) is 11.1. The zero-order valence-electron chi connectivity index (χ0n) is 8.73. The van der Waals surface area contributed by atoms with Crippen molar-refractivity contribution < 1.29 is 8.42 Å². The van der Waals surface area contributed by atoms with Gasteiger partial charge in [-0.15, -0.1) is 6.42 Å². The Labute approximate surface area is 110 Å². The highest BCUT2D eigenvalue weighted by Crippen LogP contribution is 2.23. The molecule has 1 aromatic rings. The summed E-state index contributed by atoms with van der Waals surface area (Å²) in [6, 6.07) is 4.80. The van der Waals surface area contributed by atoms with E-state index in [0.717, 1.165) is 4.31 Å². The van der Waals surface area contributed by atoms with Crippen molar-refractivity contribution in [2.75, 3.05) is 6.54 Å². The highest BCUT2D eigenvalue weighted by molar-refractivity contribution is 7.86. The summed E-state index contributed by atoms with van der Waals surface area (Å²) in [5.41, 5.74) is 0.656. The number of nitrogens with zero attached hydrogens (tertiary/aromatic N) is 1. The lowest BCUT2D eigenvalue weighted by Gasteiger charge is -2.16. The van der Waals surface area contributed by atoms with E-state index >= 15 is 0 Å². The Morgan fingerprint density at radius 2 is 2.00 bits per heavy atom. The largest absolute Gasteiger partial charge is 0.278 e. The van der Waals surface area contributed by atoms with Gasteiger partial charge in [0.15, 0.2) is 0 Å². The minimum Gasteiger partial charge on any atom is -0.216 e. The van der Waals surface area contributed by atoms with E-state index in [0.29, 0.717) is 15.6 Å². The first kappa shape index (κ1) is 14.3. The van der Waals surface area contributed by atoms with Crippen molar-refractivity contribution >= 4 is 33.4 Å². The maximum atomic E-state index is 11.2. The van der Waals surface area contributed by atoms with E-state index in [1.54, 1.807) is 18.2 Å². The van der Waals surface area contributed by atoms with Gasteiger partial charge in [-0.3, -0.25) is 0 Å². The Kier molecular flexibility index (Phi) is 4.80. The lowest BCUT2D eigenvalue weighted by Crippen LogP contribution is -2.36. The third-order valence-corrected chi connectivity index (χ3v) is 3.69. The monoisotopic (exact) mass is 292 g/mol. The Bertz CT molecular complexity index is 552. The second kappa shape index (κ2) is 5.71. The molecule has 0 radical (unpaired) electrons. The van der Waals surface area contributed by atoms with E-state index in [1.807, 2.05) is 0 Å². The van der Waals surface area contributed by atoms with Crippen LogP contribution in [-0.2, 0) is 16.8 Å². The molecule has 0 bridgehead atoms. The molecule has 92 valence electrons. The number of nitrogens with two attached hydrogens (primary N) is 1. The van der Waals surface area contributed by atoms with E-state index in [9.17, 15) is 8.42 Å². The van der Waals surface area contributed by atoms with Gasteiger partial charge in [0, 0.05) is 6.54 Å². The fourth-order valence-electron chi connectivity index (χ4n) is 1.18. The van der Waals surface area contributed by atoms with Crippen LogP contribution in [0.15, 0.2) is 18.2 Å². The molecular weight excluding hydrogens is 283 g/mol. The van der Waals surface area contributed by atoms with Crippen LogP contribution in [0.2, 0.25) is 10.0 Å². The molecule has 0 saturated heterocycles. The minimum atomic E-state index is -3.83. The predicted octanol–water partition coefficient (Wildman–Crippen LogP) is 1.63. The average molecular weight is 293 g/mol. The van der Waals surface area contributed by atoms with Gasteiger partial charge in [-0.05, 0) is 17.7 Å². The molecule has 0 saturated carbocycles. The van der Waals surface area contributed by atoms with Crippen molar-refractivity contribution in [1.82, 2.24) is 4.31 Å². The van der Waals surface area contributed by atoms with Crippen molar-refractivity contribution in [2.24, 2.45) is 5.14 Å². The standard InChI is InChI=1S/C10H10Cl2N2O2S/c1-2-5-14(17(13,15)16)7-8-3-4-9(11)10(12)6-8/h1,3-4,6H,5,7H2,(H2,13,15,16). The fourth-order valence-corrected chi connectivity index (χ4v) is 2.08. The molecule has 0 aromatic heterocycles. The zero-order chi connectivity index (χ0) is 13.1. The van der Waals surface area contributed by atoms with Crippen LogP contribution in [0.1, 0.15) is 5.56 Å². The normalized spacial score (nSPS) is 11.5. The Morgan fingerprint density at radius 1 is 1.35 bits per heavy atom. The lowest BCUT2D eigenvalue weighted by atomic mass is 10.2. The second-order valence-corrected chi connectivity index (χ2v) is 5.63. The van der Waals surface area contributed by atoms with Gasteiger partial charge >= 0.3 is 0 Å². The molecular formula is C10H10Cl2N2O2S. The third kappa shape index (κ3) is 4.19. The third-order valence-electron chi connectivity index (χ3n) is 1.97. The van der Waals surface area contributed by atoms with Crippen molar-refractivity contribution in [3.63, 3.8) is 0 Å². The van der Waals surface area contributed by atoms with Gasteiger partial charge in [-0.2, -0.15) is 12.7 Å². The topological polar surface area (TPSA) is 63.4 Å². The number of hydrogen-bond donors (Lipinski definition) is 1. The number of benzene rings is 1. The molecule has 1 aromatic carbocycles. The van der Waals surface area contributed by atoms with Gasteiger partial charge < -0.3 is 0 Å². The molecule has 1 rings (SSSR count). The maximum absolute atomic E-state index is 11.2. The molecule has 0 heterocycles. The molecule has 0 fully saturated rings. The number of terminal acetylenes is 1. The molecule has 0 aliphatic carbocycles. The summed E-state index contributed by atoms with van der Waals surface area (Å²) in [5.74, 6) is 2.23. The first-order valence-electron chi connectivity index (χ1n) is 4.50. The van der Waals surface area contributed by atoms with Crippen molar-refractivity contribution in [1.29, 1.82) is 0 Å². The first-order chi connectivity index (χ1) is 7.84. The van der Waals surface area contributed by atoms with Gasteiger partial charge in [0.25, 0.3) is 10.2 Å². The van der Waals surface area contributed by atoms with E-state index in [2.05, 4.69) is 5.92 Å². The summed E-state index contributed by atoms with van der Waals surface area (Å²) >= 11 is 11.6. The highest BCUT2D eigenvalue weighted by atomic mass is 35.5. The van der Waals surface area contributed by atoms with E-state index < -0.39 is 10.2 Å². The average Bonchev–Trinajstić information content (AvgIpc) is 2.21. The Balaban J connectivity index is 2.95. The molecule has 0 atom stereocenters. The number of rotatable bonds is 4. The molecule has 2 N–H and O–H groups in total. The number of hydrogen-bond acceptors (Lipinski definition) is 2. The SMILES string of the molecule is C#CCN(Cc1ccc(Cl)c(Cl)c1)S(N)(=O)=O. The molecule has 0 spiro atoms.